The number of hydrogen-bond acceptors (Lipinski definition) is 12. The van der Waals surface area contributed by atoms with Crippen LogP contribution >= 0.6 is 46.6 Å². The summed E-state index contributed by atoms with van der Waals surface area (Å²) in [6, 6.07) is 29.6. The van der Waals surface area contributed by atoms with Crippen molar-refractivity contribution in [2.45, 2.75) is 28.0 Å². The monoisotopic (exact) mass is 789 g/mol. The van der Waals surface area contributed by atoms with Crippen LogP contribution < -0.4 is 10.6 Å². The van der Waals surface area contributed by atoms with E-state index in [1.807, 2.05) is 54.6 Å². The molecular formula is C38H39N5O6S4. The molecular weight excluding hydrogens is 751 g/mol. The lowest BCUT2D eigenvalue weighted by molar-refractivity contribution is -0.157. The van der Waals surface area contributed by atoms with Gasteiger partial charge in [-0.3, -0.25) is 14.4 Å². The standard InChI is InChI=1S/C38H39N5O6S4/c1-48-18-11-19-49-42-29(31(44)40-30-32(45)43-23-37(34(46)47,24-53-33(30)43)35-50-20-21-51-35)28-22-52-36(39-28)41-38(25-12-5-2-6-13-25,26-14-7-3-8-15-26)27-16-9-4-10-17-27/h2-10,12-17,22,30,33,35H,11,18-21,23-24H2,1H3,(H,39,41)(H,40,44)(H,46,47)/t30?,33-,37?/m1/s1. The van der Waals surface area contributed by atoms with Crippen LogP contribution in [0.5, 0.6) is 0 Å². The number of carbonyl (C=O) groups is 3. The minimum Gasteiger partial charge on any atom is -0.481 e. The van der Waals surface area contributed by atoms with Gasteiger partial charge in [-0.25, -0.2) is 4.98 Å². The number of aliphatic carboxylic acids is 1. The number of carboxylic acid groups (broad SMARTS) is 1. The van der Waals surface area contributed by atoms with Crippen molar-refractivity contribution < 1.29 is 29.1 Å². The van der Waals surface area contributed by atoms with E-state index in [9.17, 15) is 19.5 Å². The van der Waals surface area contributed by atoms with E-state index in [0.717, 1.165) is 28.2 Å². The van der Waals surface area contributed by atoms with E-state index >= 15 is 0 Å². The molecule has 11 nitrogen and oxygen atoms in total. The summed E-state index contributed by atoms with van der Waals surface area (Å²) in [5.74, 6) is 0.322. The number of methoxy groups -OCH3 is 1. The van der Waals surface area contributed by atoms with Crippen molar-refractivity contribution in [3.8, 4) is 0 Å². The van der Waals surface area contributed by atoms with Gasteiger partial charge in [0.05, 0.1) is 4.58 Å². The molecule has 3 saturated heterocycles. The van der Waals surface area contributed by atoms with Gasteiger partial charge in [-0.2, -0.15) is 0 Å². The van der Waals surface area contributed by atoms with Crippen molar-refractivity contribution in [3.63, 3.8) is 0 Å². The number of fused-ring (bicyclic) bond motifs is 1. The number of thioether (sulfide) groups is 3. The Balaban J connectivity index is 1.16. The molecule has 0 saturated carbocycles. The molecule has 3 fully saturated rings. The van der Waals surface area contributed by atoms with Crippen molar-refractivity contribution in [2.75, 3.05) is 49.4 Å². The fourth-order valence-corrected chi connectivity index (χ4v) is 12.7. The molecule has 2 amide bonds. The molecule has 15 heteroatoms. The number of anilines is 1. The van der Waals surface area contributed by atoms with E-state index in [-0.39, 0.29) is 40.4 Å². The summed E-state index contributed by atoms with van der Waals surface area (Å²) in [4.78, 5) is 52.1. The Hall–Kier alpha value is -4.02. The van der Waals surface area contributed by atoms with Crippen LogP contribution in [0.3, 0.4) is 0 Å². The molecule has 276 valence electrons. The number of amides is 2. The van der Waals surface area contributed by atoms with E-state index in [1.165, 1.54) is 23.1 Å². The van der Waals surface area contributed by atoms with Crippen molar-refractivity contribution in [1.82, 2.24) is 15.2 Å². The van der Waals surface area contributed by atoms with Crippen LogP contribution in [0.4, 0.5) is 5.13 Å². The maximum atomic E-state index is 14.0. The quantitative estimate of drug-likeness (QED) is 0.0457. The number of oxime groups is 1. The molecule has 3 aliphatic heterocycles. The first kappa shape index (κ1) is 37.3. The number of nitrogens with zero attached hydrogens (tertiary/aromatic N) is 3. The number of aromatic nitrogens is 1. The first-order valence-electron chi connectivity index (χ1n) is 17.2. The molecule has 1 aromatic heterocycles. The largest absolute Gasteiger partial charge is 0.481 e. The van der Waals surface area contributed by atoms with Crippen LogP contribution in [-0.2, 0) is 29.5 Å². The van der Waals surface area contributed by atoms with Gasteiger partial charge in [0.1, 0.15) is 34.7 Å². The molecule has 3 aromatic carbocycles. The number of hydrogen-bond donors (Lipinski definition) is 3. The van der Waals surface area contributed by atoms with Crippen molar-refractivity contribution in [2.24, 2.45) is 10.6 Å². The van der Waals surface area contributed by atoms with E-state index < -0.39 is 28.9 Å². The van der Waals surface area contributed by atoms with E-state index in [0.29, 0.717) is 23.9 Å². The predicted molar refractivity (Wildman–Crippen MR) is 213 cm³/mol. The van der Waals surface area contributed by atoms with Crippen LogP contribution in [0.15, 0.2) is 102 Å². The zero-order valence-electron chi connectivity index (χ0n) is 28.9. The molecule has 0 bridgehead atoms. The molecule has 3 atom stereocenters. The second kappa shape index (κ2) is 16.6. The summed E-state index contributed by atoms with van der Waals surface area (Å²) in [6.07, 6.45) is 0.560. The first-order valence-corrected chi connectivity index (χ1v) is 21.2. The van der Waals surface area contributed by atoms with Crippen molar-refractivity contribution in [1.29, 1.82) is 0 Å². The number of benzene rings is 3. The second-order valence-corrected chi connectivity index (χ2v) is 17.5. The number of nitrogens with one attached hydrogen (secondary N) is 2. The topological polar surface area (TPSA) is 142 Å². The van der Waals surface area contributed by atoms with Gasteiger partial charge in [0.2, 0.25) is 5.91 Å². The Kier molecular flexibility index (Phi) is 11.7. The molecule has 0 aliphatic carbocycles. The van der Waals surface area contributed by atoms with Crippen LogP contribution in [-0.4, -0.2) is 98.6 Å². The third-order valence-corrected chi connectivity index (χ3v) is 15.3. The highest BCUT2D eigenvalue weighted by Crippen LogP contribution is 2.52. The van der Waals surface area contributed by atoms with Crippen LogP contribution in [0.2, 0.25) is 0 Å². The predicted octanol–water partition coefficient (Wildman–Crippen LogP) is 5.58. The lowest BCUT2D eigenvalue weighted by Crippen LogP contribution is -2.74. The fourth-order valence-electron chi connectivity index (χ4n) is 6.82. The average molecular weight is 790 g/mol. The van der Waals surface area contributed by atoms with Crippen molar-refractivity contribution >= 4 is 75.2 Å². The lowest BCUT2D eigenvalue weighted by Gasteiger charge is -2.54. The van der Waals surface area contributed by atoms with Gasteiger partial charge in [-0.15, -0.1) is 46.6 Å². The number of thiazole rings is 1. The average Bonchev–Trinajstić information content (AvgIpc) is 3.92. The minimum absolute atomic E-state index is 0.0675. The first-order chi connectivity index (χ1) is 25.9. The Morgan fingerprint density at radius 3 is 2.11 bits per heavy atom. The highest BCUT2D eigenvalue weighted by Gasteiger charge is 2.60. The second-order valence-electron chi connectivity index (χ2n) is 12.8. The van der Waals surface area contributed by atoms with Gasteiger partial charge in [0, 0.05) is 49.3 Å². The highest BCUT2D eigenvalue weighted by atomic mass is 32.2. The zero-order valence-corrected chi connectivity index (χ0v) is 32.1. The van der Waals surface area contributed by atoms with Gasteiger partial charge < -0.3 is 30.2 Å². The van der Waals surface area contributed by atoms with Crippen molar-refractivity contribution in [3.05, 3.63) is 119 Å². The summed E-state index contributed by atoms with van der Waals surface area (Å²) >= 11 is 6.02. The molecule has 4 aromatic rings. The lowest BCUT2D eigenvalue weighted by atomic mass is 9.77. The zero-order chi connectivity index (χ0) is 36.8. The van der Waals surface area contributed by atoms with Crippen LogP contribution in [0.1, 0.15) is 28.8 Å². The molecule has 0 radical (unpaired) electrons. The summed E-state index contributed by atoms with van der Waals surface area (Å²) in [5, 5.41) is 23.0. The number of carbonyl (C=O) groups excluding carboxylic acids is 2. The van der Waals surface area contributed by atoms with Gasteiger partial charge in [0.25, 0.3) is 5.91 Å². The molecule has 4 heterocycles. The highest BCUT2D eigenvalue weighted by molar-refractivity contribution is 8.20. The summed E-state index contributed by atoms with van der Waals surface area (Å²) < 4.78 is 5.00. The fraction of sp³-hybridized carbons (Fsp3) is 0.342. The Labute approximate surface area is 324 Å². The van der Waals surface area contributed by atoms with E-state index in [4.69, 9.17) is 14.6 Å². The maximum Gasteiger partial charge on any atom is 0.314 e. The number of ether oxygens (including phenoxy) is 1. The molecule has 3 aliphatic rings. The molecule has 0 spiro atoms. The number of carboxylic acids is 1. The van der Waals surface area contributed by atoms with Crippen LogP contribution in [0, 0.1) is 5.41 Å². The Bertz CT molecular complexity index is 1830. The molecule has 2 unspecified atom stereocenters. The minimum atomic E-state index is -1.04. The summed E-state index contributed by atoms with van der Waals surface area (Å²) in [5.41, 5.74) is 1.33. The Morgan fingerprint density at radius 2 is 1.55 bits per heavy atom. The van der Waals surface area contributed by atoms with E-state index in [2.05, 4.69) is 52.2 Å². The normalized spacial score (nSPS) is 21.8. The van der Waals surface area contributed by atoms with Gasteiger partial charge >= 0.3 is 5.97 Å². The third kappa shape index (κ3) is 7.41. The summed E-state index contributed by atoms with van der Waals surface area (Å²) in [7, 11) is 1.60. The van der Waals surface area contributed by atoms with Gasteiger partial charge in [0.15, 0.2) is 10.8 Å². The van der Waals surface area contributed by atoms with E-state index in [1.54, 1.807) is 40.9 Å². The van der Waals surface area contributed by atoms with Gasteiger partial charge in [-0.05, 0) is 16.7 Å². The molecule has 7 rings (SSSR count). The molecule has 53 heavy (non-hydrogen) atoms. The SMILES string of the molecule is COCCCON=C(C(=O)NC1C(=O)N2CC(C(=O)O)(C3SCCS3)CS[C@H]12)c1csc(NC(c2ccccc2)(c2ccccc2)c2ccccc2)n1. The number of β-lactam (4-membered cyclic amide) rings is 1. The third-order valence-electron chi connectivity index (χ3n) is 9.51. The number of rotatable bonds is 15. The van der Waals surface area contributed by atoms with Crippen LogP contribution in [0.25, 0.3) is 0 Å². The maximum absolute atomic E-state index is 14.0. The Morgan fingerprint density at radius 1 is 0.943 bits per heavy atom. The van der Waals surface area contributed by atoms with Gasteiger partial charge in [-0.1, -0.05) is 96.2 Å². The smallest absolute Gasteiger partial charge is 0.314 e. The summed E-state index contributed by atoms with van der Waals surface area (Å²) in [6.45, 7) is 0.790. The molecule has 3 N–H and O–H groups in total.